The normalized spacial score (nSPS) is 12.6. The van der Waals surface area contributed by atoms with Crippen LogP contribution in [0.1, 0.15) is 16.7 Å². The van der Waals surface area contributed by atoms with Crippen molar-refractivity contribution in [3.8, 4) is 0 Å². The molecule has 2 heterocycles. The second kappa shape index (κ2) is 5.90. The van der Waals surface area contributed by atoms with Crippen molar-refractivity contribution in [1.29, 1.82) is 0 Å². The van der Waals surface area contributed by atoms with Crippen LogP contribution in [0.25, 0.3) is 11.2 Å². The number of hydrogen-bond acceptors (Lipinski definition) is 4. The zero-order valence-electron chi connectivity index (χ0n) is 12.2. The van der Waals surface area contributed by atoms with E-state index in [1.54, 1.807) is 0 Å². The fourth-order valence-electron chi connectivity index (χ4n) is 2.12. The maximum Gasteiger partial charge on any atom is 0.416 e. The average molecular weight is 361 g/mol. The number of H-pyrrole nitrogens is 1. The molecule has 0 atom stereocenters. The van der Waals surface area contributed by atoms with E-state index >= 15 is 0 Å². The molecule has 0 spiro atoms. The molecule has 132 valence electrons. The molecule has 5 nitrogen and oxygen atoms in total. The lowest BCUT2D eigenvalue weighted by atomic mass is 10.0. The standard InChI is InChI=1S/C14H9F6N5/c15-13(16,17)8-1-7(2-9(3-8)14(18,19)20)4-21-12-22-5-10-11(25-12)24-6-23-10/h1-3,5-6H,4H2,(H2,21,22,23,24,25). The number of aromatic nitrogens is 4. The van der Waals surface area contributed by atoms with Gasteiger partial charge in [0.1, 0.15) is 5.52 Å². The first-order valence-electron chi connectivity index (χ1n) is 6.81. The summed E-state index contributed by atoms with van der Waals surface area (Å²) < 4.78 is 76.9. The van der Waals surface area contributed by atoms with E-state index in [4.69, 9.17) is 0 Å². The van der Waals surface area contributed by atoms with Crippen molar-refractivity contribution in [3.05, 3.63) is 47.4 Å². The van der Waals surface area contributed by atoms with Crippen molar-refractivity contribution >= 4 is 17.1 Å². The van der Waals surface area contributed by atoms with Crippen molar-refractivity contribution in [2.45, 2.75) is 18.9 Å². The molecule has 0 saturated heterocycles. The molecule has 3 rings (SSSR count). The van der Waals surface area contributed by atoms with Crippen molar-refractivity contribution in [2.24, 2.45) is 0 Å². The molecule has 2 N–H and O–H groups in total. The summed E-state index contributed by atoms with van der Waals surface area (Å²) in [5, 5.41) is 2.59. The molecule has 25 heavy (non-hydrogen) atoms. The molecule has 0 bridgehead atoms. The van der Waals surface area contributed by atoms with Crippen molar-refractivity contribution < 1.29 is 26.3 Å². The van der Waals surface area contributed by atoms with E-state index in [2.05, 4.69) is 25.3 Å². The van der Waals surface area contributed by atoms with Gasteiger partial charge in [0.25, 0.3) is 0 Å². The number of nitrogens with one attached hydrogen (secondary N) is 2. The van der Waals surface area contributed by atoms with Crippen LogP contribution in [0.2, 0.25) is 0 Å². The predicted octanol–water partition coefficient (Wildman–Crippen LogP) is 4.00. The van der Waals surface area contributed by atoms with Gasteiger partial charge in [-0.05, 0) is 23.8 Å². The summed E-state index contributed by atoms with van der Waals surface area (Å²) >= 11 is 0. The van der Waals surface area contributed by atoms with Crippen LogP contribution in [-0.2, 0) is 18.9 Å². The van der Waals surface area contributed by atoms with Crippen molar-refractivity contribution in [2.75, 3.05) is 5.32 Å². The number of imidazole rings is 1. The van der Waals surface area contributed by atoms with Crippen LogP contribution in [-0.4, -0.2) is 19.9 Å². The predicted molar refractivity (Wildman–Crippen MR) is 75.5 cm³/mol. The summed E-state index contributed by atoms with van der Waals surface area (Å²) in [6.45, 7) is -0.317. The fraction of sp³-hybridized carbons (Fsp3) is 0.214. The van der Waals surface area contributed by atoms with Gasteiger partial charge >= 0.3 is 12.4 Å². The first-order valence-corrected chi connectivity index (χ1v) is 6.81. The first-order chi connectivity index (χ1) is 11.6. The Morgan fingerprint density at radius 1 is 0.920 bits per heavy atom. The van der Waals surface area contributed by atoms with Crippen LogP contribution in [0, 0.1) is 0 Å². The number of fused-ring (bicyclic) bond motifs is 1. The molecule has 0 aliphatic heterocycles. The van der Waals surface area contributed by atoms with Crippen molar-refractivity contribution in [3.63, 3.8) is 0 Å². The quantitative estimate of drug-likeness (QED) is 0.692. The average Bonchev–Trinajstić information content (AvgIpc) is 2.98. The Labute approximate surface area is 136 Å². The highest BCUT2D eigenvalue weighted by Gasteiger charge is 2.36. The Morgan fingerprint density at radius 3 is 2.16 bits per heavy atom. The number of alkyl halides is 6. The molecular formula is C14H9F6N5. The van der Waals surface area contributed by atoms with E-state index in [0.29, 0.717) is 23.3 Å². The number of halogens is 6. The highest BCUT2D eigenvalue weighted by molar-refractivity contribution is 5.69. The lowest BCUT2D eigenvalue weighted by molar-refractivity contribution is -0.143. The highest BCUT2D eigenvalue weighted by atomic mass is 19.4. The third-order valence-corrected chi connectivity index (χ3v) is 3.27. The number of hydrogen-bond donors (Lipinski definition) is 2. The van der Waals surface area contributed by atoms with Crippen LogP contribution in [0.4, 0.5) is 32.3 Å². The SMILES string of the molecule is FC(F)(F)c1cc(CNc2ncc3[nH]cnc3n2)cc(C(F)(F)F)c1. The van der Waals surface area contributed by atoms with Gasteiger partial charge in [-0.25, -0.2) is 9.97 Å². The smallest absolute Gasteiger partial charge is 0.350 e. The molecule has 3 aromatic rings. The largest absolute Gasteiger partial charge is 0.416 e. The van der Waals surface area contributed by atoms with Crippen LogP contribution in [0.15, 0.2) is 30.7 Å². The van der Waals surface area contributed by atoms with E-state index in [1.165, 1.54) is 12.5 Å². The maximum atomic E-state index is 12.8. The number of benzene rings is 1. The molecular weight excluding hydrogens is 352 g/mol. The highest BCUT2D eigenvalue weighted by Crippen LogP contribution is 2.36. The summed E-state index contributed by atoms with van der Waals surface area (Å²) in [5.41, 5.74) is -2.08. The minimum absolute atomic E-state index is 0.0329. The summed E-state index contributed by atoms with van der Waals surface area (Å²) in [6.07, 6.45) is -7.00. The molecule has 0 aliphatic carbocycles. The zero-order valence-corrected chi connectivity index (χ0v) is 12.2. The third kappa shape index (κ3) is 3.80. The van der Waals surface area contributed by atoms with Gasteiger partial charge in [-0.15, -0.1) is 0 Å². The van der Waals surface area contributed by atoms with Gasteiger partial charge in [-0.3, -0.25) is 0 Å². The zero-order chi connectivity index (χ0) is 18.2. The minimum Gasteiger partial charge on any atom is -0.350 e. The third-order valence-electron chi connectivity index (χ3n) is 3.27. The van der Waals surface area contributed by atoms with Gasteiger partial charge < -0.3 is 10.3 Å². The molecule has 2 aromatic heterocycles. The number of nitrogens with zero attached hydrogens (tertiary/aromatic N) is 3. The van der Waals surface area contributed by atoms with Crippen LogP contribution in [0.5, 0.6) is 0 Å². The maximum absolute atomic E-state index is 12.8. The molecule has 0 unspecified atom stereocenters. The molecule has 0 radical (unpaired) electrons. The Morgan fingerprint density at radius 2 is 1.56 bits per heavy atom. The van der Waals surface area contributed by atoms with Crippen LogP contribution in [0.3, 0.4) is 0 Å². The topological polar surface area (TPSA) is 66.5 Å². The monoisotopic (exact) mass is 361 g/mol. The van der Waals surface area contributed by atoms with Gasteiger partial charge in [0.2, 0.25) is 5.95 Å². The van der Waals surface area contributed by atoms with Gasteiger partial charge in [-0.1, -0.05) is 0 Å². The Bertz CT molecular complexity index is 866. The minimum atomic E-state index is -4.89. The summed E-state index contributed by atoms with van der Waals surface area (Å²) in [4.78, 5) is 14.5. The Kier molecular flexibility index (Phi) is 4.01. The molecule has 0 saturated carbocycles. The molecule has 0 aliphatic rings. The van der Waals surface area contributed by atoms with Crippen molar-refractivity contribution in [1.82, 2.24) is 19.9 Å². The van der Waals surface area contributed by atoms with E-state index in [1.807, 2.05) is 0 Å². The Hall–Kier alpha value is -2.85. The van der Waals surface area contributed by atoms with Gasteiger partial charge in [-0.2, -0.15) is 31.3 Å². The van der Waals surface area contributed by atoms with E-state index in [0.717, 1.165) is 0 Å². The Balaban J connectivity index is 1.87. The number of rotatable bonds is 3. The van der Waals surface area contributed by atoms with E-state index in [9.17, 15) is 26.3 Å². The van der Waals surface area contributed by atoms with Gasteiger partial charge in [0.05, 0.1) is 23.7 Å². The van der Waals surface area contributed by atoms with E-state index in [-0.39, 0.29) is 24.1 Å². The first kappa shape index (κ1) is 17.0. The summed E-state index contributed by atoms with van der Waals surface area (Å²) in [7, 11) is 0. The number of aromatic amines is 1. The summed E-state index contributed by atoms with van der Waals surface area (Å²) in [6, 6.07) is 1.38. The fourth-order valence-corrected chi connectivity index (χ4v) is 2.12. The molecule has 1 aromatic carbocycles. The van der Waals surface area contributed by atoms with Crippen LogP contribution >= 0.6 is 0 Å². The van der Waals surface area contributed by atoms with Gasteiger partial charge in [0, 0.05) is 6.54 Å². The second-order valence-electron chi connectivity index (χ2n) is 5.10. The van der Waals surface area contributed by atoms with Gasteiger partial charge in [0.15, 0.2) is 5.65 Å². The van der Waals surface area contributed by atoms with Crippen LogP contribution < -0.4 is 5.32 Å². The molecule has 11 heteroatoms. The summed E-state index contributed by atoms with van der Waals surface area (Å²) in [5.74, 6) is 0.0329. The molecule has 0 amide bonds. The molecule has 0 fully saturated rings. The van der Waals surface area contributed by atoms with E-state index < -0.39 is 23.5 Å². The lowest BCUT2D eigenvalue weighted by Crippen LogP contribution is -2.13. The second-order valence-corrected chi connectivity index (χ2v) is 5.10. The lowest BCUT2D eigenvalue weighted by Gasteiger charge is -2.14. The number of anilines is 1.